The van der Waals surface area contributed by atoms with Gasteiger partial charge in [0, 0.05) is 31.4 Å². The fourth-order valence-corrected chi connectivity index (χ4v) is 2.59. The van der Waals surface area contributed by atoms with E-state index in [4.69, 9.17) is 10.5 Å². The first-order chi connectivity index (χ1) is 9.16. The number of hydrogen-bond donors (Lipinski definition) is 1. The van der Waals surface area contributed by atoms with Gasteiger partial charge in [-0.15, -0.1) is 0 Å². The number of nitrogens with two attached hydrogens (primary N) is 1. The Morgan fingerprint density at radius 1 is 1.53 bits per heavy atom. The lowest BCUT2D eigenvalue weighted by Crippen LogP contribution is -2.51. The van der Waals surface area contributed by atoms with E-state index in [-0.39, 0.29) is 18.1 Å². The second-order valence-electron chi connectivity index (χ2n) is 5.55. The van der Waals surface area contributed by atoms with E-state index >= 15 is 0 Å². The van der Waals surface area contributed by atoms with E-state index < -0.39 is 0 Å². The van der Waals surface area contributed by atoms with Crippen LogP contribution in [0.3, 0.4) is 0 Å². The second kappa shape index (κ2) is 4.98. The van der Waals surface area contributed by atoms with Gasteiger partial charge in [0.1, 0.15) is 5.69 Å². The Balaban J connectivity index is 1.74. The zero-order valence-corrected chi connectivity index (χ0v) is 11.3. The molecule has 2 fully saturated rings. The third-order valence-corrected chi connectivity index (χ3v) is 3.91. The molecule has 1 aromatic heterocycles. The molecule has 5 nitrogen and oxygen atoms in total. The number of aromatic nitrogens is 1. The van der Waals surface area contributed by atoms with Crippen molar-refractivity contribution in [3.05, 3.63) is 24.0 Å². The molecule has 2 heterocycles. The van der Waals surface area contributed by atoms with Crippen LogP contribution in [0.5, 0.6) is 0 Å². The maximum Gasteiger partial charge on any atom is 0.270 e. The van der Waals surface area contributed by atoms with Gasteiger partial charge in [-0.2, -0.15) is 0 Å². The predicted molar refractivity (Wildman–Crippen MR) is 72.0 cm³/mol. The fourth-order valence-electron chi connectivity index (χ4n) is 2.59. The van der Waals surface area contributed by atoms with Gasteiger partial charge in [-0.1, -0.05) is 0 Å². The summed E-state index contributed by atoms with van der Waals surface area (Å²) in [6.45, 7) is 3.73. The molecule has 0 spiro atoms. The smallest absolute Gasteiger partial charge is 0.270 e. The van der Waals surface area contributed by atoms with Crippen molar-refractivity contribution in [2.75, 3.05) is 19.7 Å². The number of ether oxygens (including phenoxy) is 1. The molecule has 1 aliphatic carbocycles. The number of carbonyl (C=O) groups excluding carboxylic acids is 1. The standard InChI is InChI=1S/C14H21N3O2/c1-10(15)13-9-16(7-8-19-13)14(18)12-3-2-6-17(12)11-4-5-11/h2-3,6,10-11,13H,4-5,7-9,15H2,1H3. The van der Waals surface area contributed by atoms with Crippen LogP contribution in [0.4, 0.5) is 0 Å². The third-order valence-electron chi connectivity index (χ3n) is 3.91. The molecular formula is C14H21N3O2. The van der Waals surface area contributed by atoms with Crippen LogP contribution in [0.2, 0.25) is 0 Å². The largest absolute Gasteiger partial charge is 0.373 e. The highest BCUT2D eigenvalue weighted by Gasteiger charge is 2.31. The van der Waals surface area contributed by atoms with Crippen LogP contribution in [0.1, 0.15) is 36.3 Å². The molecule has 19 heavy (non-hydrogen) atoms. The summed E-state index contributed by atoms with van der Waals surface area (Å²) < 4.78 is 7.71. The minimum atomic E-state index is -0.0537. The molecule has 3 rings (SSSR count). The zero-order valence-electron chi connectivity index (χ0n) is 11.3. The van der Waals surface area contributed by atoms with Crippen molar-refractivity contribution in [3.8, 4) is 0 Å². The highest BCUT2D eigenvalue weighted by Crippen LogP contribution is 2.36. The molecule has 2 aliphatic rings. The maximum atomic E-state index is 12.6. The first kappa shape index (κ1) is 12.7. The van der Waals surface area contributed by atoms with Crippen molar-refractivity contribution in [2.45, 2.75) is 38.0 Å². The SMILES string of the molecule is CC(N)C1CN(C(=O)c2cccn2C2CC2)CCO1. The molecule has 1 amide bonds. The number of hydrogen-bond acceptors (Lipinski definition) is 3. The Labute approximate surface area is 113 Å². The number of amides is 1. The van der Waals surface area contributed by atoms with Gasteiger partial charge in [0.15, 0.2) is 0 Å². The number of rotatable bonds is 3. The van der Waals surface area contributed by atoms with Crippen molar-refractivity contribution in [1.82, 2.24) is 9.47 Å². The van der Waals surface area contributed by atoms with Crippen LogP contribution in [0, 0.1) is 0 Å². The molecule has 0 radical (unpaired) electrons. The summed E-state index contributed by atoms with van der Waals surface area (Å²) in [6.07, 6.45) is 4.32. The average Bonchev–Trinajstić information content (AvgIpc) is 3.15. The summed E-state index contributed by atoms with van der Waals surface area (Å²) in [5, 5.41) is 0. The molecular weight excluding hydrogens is 242 g/mol. The lowest BCUT2D eigenvalue weighted by atomic mass is 10.1. The molecule has 0 aromatic carbocycles. The van der Waals surface area contributed by atoms with Gasteiger partial charge in [-0.25, -0.2) is 0 Å². The average molecular weight is 263 g/mol. The highest BCUT2D eigenvalue weighted by atomic mass is 16.5. The van der Waals surface area contributed by atoms with Crippen LogP contribution in [-0.4, -0.2) is 47.2 Å². The molecule has 1 saturated carbocycles. The quantitative estimate of drug-likeness (QED) is 0.885. The van der Waals surface area contributed by atoms with Crippen molar-refractivity contribution < 1.29 is 9.53 Å². The summed E-state index contributed by atoms with van der Waals surface area (Å²) in [4.78, 5) is 14.5. The van der Waals surface area contributed by atoms with Gasteiger partial charge in [0.05, 0.1) is 12.7 Å². The van der Waals surface area contributed by atoms with E-state index in [1.54, 1.807) is 0 Å². The summed E-state index contributed by atoms with van der Waals surface area (Å²) in [6, 6.07) is 4.34. The Morgan fingerprint density at radius 2 is 2.32 bits per heavy atom. The normalized spacial score (nSPS) is 25.4. The molecule has 1 aromatic rings. The molecule has 1 saturated heterocycles. The second-order valence-corrected chi connectivity index (χ2v) is 5.55. The van der Waals surface area contributed by atoms with E-state index in [0.29, 0.717) is 25.7 Å². The first-order valence-corrected chi connectivity index (χ1v) is 7.00. The van der Waals surface area contributed by atoms with Crippen molar-refractivity contribution in [1.29, 1.82) is 0 Å². The van der Waals surface area contributed by atoms with E-state index in [9.17, 15) is 4.79 Å². The van der Waals surface area contributed by atoms with Crippen molar-refractivity contribution in [3.63, 3.8) is 0 Å². The van der Waals surface area contributed by atoms with Gasteiger partial charge in [-0.3, -0.25) is 4.79 Å². The molecule has 2 atom stereocenters. The summed E-state index contributed by atoms with van der Waals surface area (Å²) >= 11 is 0. The summed E-state index contributed by atoms with van der Waals surface area (Å²) in [5.74, 6) is 0.103. The molecule has 104 valence electrons. The monoisotopic (exact) mass is 263 g/mol. The number of nitrogens with zero attached hydrogens (tertiary/aromatic N) is 2. The number of morpholine rings is 1. The van der Waals surface area contributed by atoms with Gasteiger partial charge in [-0.05, 0) is 31.9 Å². The molecule has 5 heteroatoms. The molecule has 2 N–H and O–H groups in total. The Bertz CT molecular complexity index is 465. The van der Waals surface area contributed by atoms with Crippen molar-refractivity contribution >= 4 is 5.91 Å². The minimum absolute atomic E-state index is 0.0502. The van der Waals surface area contributed by atoms with E-state index in [2.05, 4.69) is 4.57 Å². The Morgan fingerprint density at radius 3 is 3.00 bits per heavy atom. The summed E-state index contributed by atoms with van der Waals surface area (Å²) in [5.41, 5.74) is 6.67. The summed E-state index contributed by atoms with van der Waals surface area (Å²) in [7, 11) is 0. The van der Waals surface area contributed by atoms with E-state index in [0.717, 1.165) is 5.69 Å². The third kappa shape index (κ3) is 2.53. The zero-order chi connectivity index (χ0) is 13.4. The van der Waals surface area contributed by atoms with Crippen LogP contribution in [0.25, 0.3) is 0 Å². The highest BCUT2D eigenvalue weighted by molar-refractivity contribution is 5.93. The Kier molecular flexibility index (Phi) is 3.33. The lowest BCUT2D eigenvalue weighted by Gasteiger charge is -2.34. The van der Waals surface area contributed by atoms with Gasteiger partial charge in [0.25, 0.3) is 5.91 Å². The minimum Gasteiger partial charge on any atom is -0.373 e. The van der Waals surface area contributed by atoms with Crippen molar-refractivity contribution in [2.24, 2.45) is 5.73 Å². The van der Waals surface area contributed by atoms with Crippen LogP contribution in [-0.2, 0) is 4.74 Å². The van der Waals surface area contributed by atoms with Crippen LogP contribution >= 0.6 is 0 Å². The predicted octanol–water partition coefficient (Wildman–Crippen LogP) is 1.01. The van der Waals surface area contributed by atoms with Crippen LogP contribution in [0.15, 0.2) is 18.3 Å². The molecule has 2 unspecified atom stereocenters. The van der Waals surface area contributed by atoms with Gasteiger partial charge in [0.2, 0.25) is 0 Å². The fraction of sp³-hybridized carbons (Fsp3) is 0.643. The molecule has 1 aliphatic heterocycles. The maximum absolute atomic E-state index is 12.6. The van der Waals surface area contributed by atoms with Gasteiger partial charge < -0.3 is 19.9 Å². The number of carbonyl (C=O) groups is 1. The molecule has 0 bridgehead atoms. The van der Waals surface area contributed by atoms with E-state index in [1.165, 1.54) is 12.8 Å². The van der Waals surface area contributed by atoms with Gasteiger partial charge >= 0.3 is 0 Å². The lowest BCUT2D eigenvalue weighted by molar-refractivity contribution is -0.0303. The van der Waals surface area contributed by atoms with E-state index in [1.807, 2.05) is 30.2 Å². The van der Waals surface area contributed by atoms with Crippen LogP contribution < -0.4 is 5.73 Å². The topological polar surface area (TPSA) is 60.5 Å². The Hall–Kier alpha value is -1.33. The first-order valence-electron chi connectivity index (χ1n) is 7.00.